The third-order valence-corrected chi connectivity index (χ3v) is 5.41. The molecule has 2 aromatic rings. The standard InChI is InChI=1S/C23H24F3N3O5/c1-33-17-10-8-16(14-18(17)34-2)12-13-29-20(31)22(23(24,25)26,28-21(29)32)27-19(30)11-9-15-6-4-3-5-7-15/h3-8,10,14H,9,11-13H2,1-2H3,(H,27,30)(H,28,32)/t22-/m0/s1. The van der Waals surface area contributed by atoms with Crippen LogP contribution in [0.15, 0.2) is 48.5 Å². The highest BCUT2D eigenvalue weighted by Gasteiger charge is 2.68. The van der Waals surface area contributed by atoms with E-state index in [2.05, 4.69) is 0 Å². The minimum absolute atomic E-state index is 0.0649. The van der Waals surface area contributed by atoms with Gasteiger partial charge in [0.05, 0.1) is 14.2 Å². The molecule has 182 valence electrons. The number of nitrogens with one attached hydrogen (secondary N) is 2. The number of hydrogen-bond donors (Lipinski definition) is 2. The van der Waals surface area contributed by atoms with Crippen LogP contribution in [0, 0.1) is 0 Å². The molecular formula is C23H24F3N3O5. The van der Waals surface area contributed by atoms with Gasteiger partial charge in [-0.15, -0.1) is 0 Å². The van der Waals surface area contributed by atoms with Gasteiger partial charge in [0.2, 0.25) is 5.91 Å². The molecule has 1 saturated heterocycles. The Bertz CT molecular complexity index is 1060. The Morgan fingerprint density at radius 1 is 1.00 bits per heavy atom. The second kappa shape index (κ2) is 10.0. The number of aryl methyl sites for hydroxylation is 1. The Hall–Kier alpha value is -3.76. The molecule has 3 rings (SSSR count). The predicted octanol–water partition coefficient (Wildman–Crippen LogP) is 2.81. The lowest BCUT2D eigenvalue weighted by Crippen LogP contribution is -2.69. The summed E-state index contributed by atoms with van der Waals surface area (Å²) in [7, 11) is 2.88. The van der Waals surface area contributed by atoms with Crippen molar-refractivity contribution in [2.75, 3.05) is 20.8 Å². The van der Waals surface area contributed by atoms with Crippen molar-refractivity contribution in [1.29, 1.82) is 0 Å². The van der Waals surface area contributed by atoms with E-state index in [1.807, 2.05) is 0 Å². The van der Waals surface area contributed by atoms with Gasteiger partial charge in [-0.2, -0.15) is 13.2 Å². The van der Waals surface area contributed by atoms with E-state index in [1.54, 1.807) is 59.2 Å². The van der Waals surface area contributed by atoms with Gasteiger partial charge in [0.1, 0.15) is 0 Å². The van der Waals surface area contributed by atoms with Crippen molar-refractivity contribution < 1.29 is 37.0 Å². The molecule has 8 nitrogen and oxygen atoms in total. The normalized spacial score (nSPS) is 18.0. The lowest BCUT2D eigenvalue weighted by molar-refractivity contribution is -0.204. The summed E-state index contributed by atoms with van der Waals surface area (Å²) in [5.41, 5.74) is -2.16. The van der Waals surface area contributed by atoms with Crippen LogP contribution in [0.2, 0.25) is 0 Å². The summed E-state index contributed by atoms with van der Waals surface area (Å²) in [5.74, 6) is -1.75. The van der Waals surface area contributed by atoms with E-state index >= 15 is 0 Å². The van der Waals surface area contributed by atoms with Gasteiger partial charge in [0.25, 0.3) is 11.6 Å². The second-order valence-electron chi connectivity index (χ2n) is 7.61. The molecule has 11 heteroatoms. The first-order valence-electron chi connectivity index (χ1n) is 10.4. The number of halogens is 3. The second-order valence-corrected chi connectivity index (χ2v) is 7.61. The molecule has 0 radical (unpaired) electrons. The fraction of sp³-hybridized carbons (Fsp3) is 0.348. The number of imide groups is 1. The third-order valence-electron chi connectivity index (χ3n) is 5.41. The molecule has 2 aromatic carbocycles. The van der Waals surface area contributed by atoms with Crippen molar-refractivity contribution in [1.82, 2.24) is 15.5 Å². The lowest BCUT2D eigenvalue weighted by atomic mass is 10.1. The molecule has 4 amide bonds. The number of amides is 4. The SMILES string of the molecule is COc1ccc(CCN2C(=O)N[C@](NC(=O)CCc3ccccc3)(C(F)(F)F)C2=O)cc1OC. The van der Waals surface area contributed by atoms with Crippen molar-refractivity contribution in [2.24, 2.45) is 0 Å². The van der Waals surface area contributed by atoms with Crippen molar-refractivity contribution >= 4 is 17.8 Å². The van der Waals surface area contributed by atoms with Gasteiger partial charge in [-0.25, -0.2) is 4.79 Å². The molecule has 0 bridgehead atoms. The minimum atomic E-state index is -5.25. The molecule has 1 aliphatic rings. The molecule has 1 fully saturated rings. The summed E-state index contributed by atoms with van der Waals surface area (Å²) in [6.07, 6.45) is -5.31. The van der Waals surface area contributed by atoms with Crippen molar-refractivity contribution in [2.45, 2.75) is 31.1 Å². The van der Waals surface area contributed by atoms with Crippen LogP contribution in [0.4, 0.5) is 18.0 Å². The van der Waals surface area contributed by atoms with E-state index in [4.69, 9.17) is 9.47 Å². The van der Waals surface area contributed by atoms with E-state index in [1.165, 1.54) is 14.2 Å². The predicted molar refractivity (Wildman–Crippen MR) is 115 cm³/mol. The molecular weight excluding hydrogens is 455 g/mol. The number of urea groups is 1. The smallest absolute Gasteiger partial charge is 0.440 e. The minimum Gasteiger partial charge on any atom is -0.493 e. The Kier molecular flexibility index (Phi) is 7.33. The molecule has 0 unspecified atom stereocenters. The molecule has 1 atom stereocenters. The number of ether oxygens (including phenoxy) is 2. The number of carbonyl (C=O) groups is 3. The maximum Gasteiger partial charge on any atom is 0.440 e. The summed E-state index contributed by atoms with van der Waals surface area (Å²) >= 11 is 0. The quantitative estimate of drug-likeness (QED) is 0.540. The van der Waals surface area contributed by atoms with E-state index < -0.39 is 29.7 Å². The van der Waals surface area contributed by atoms with Crippen LogP contribution >= 0.6 is 0 Å². The Balaban J connectivity index is 1.72. The zero-order chi connectivity index (χ0) is 24.9. The fourth-order valence-electron chi connectivity index (χ4n) is 3.58. The molecule has 1 aliphatic heterocycles. The molecule has 1 heterocycles. The summed E-state index contributed by atoms with van der Waals surface area (Å²) in [6, 6.07) is 12.3. The maximum absolute atomic E-state index is 14.0. The van der Waals surface area contributed by atoms with Gasteiger partial charge in [-0.05, 0) is 36.1 Å². The van der Waals surface area contributed by atoms with Gasteiger partial charge in [0.15, 0.2) is 11.5 Å². The molecule has 0 saturated carbocycles. The number of rotatable bonds is 9. The van der Waals surface area contributed by atoms with Crippen LogP contribution in [0.3, 0.4) is 0 Å². The van der Waals surface area contributed by atoms with E-state index in [9.17, 15) is 27.6 Å². The average Bonchev–Trinajstić information content (AvgIpc) is 3.06. The average molecular weight is 479 g/mol. The zero-order valence-corrected chi connectivity index (χ0v) is 18.6. The molecule has 0 aromatic heterocycles. The summed E-state index contributed by atoms with van der Waals surface area (Å²) in [6.45, 7) is -0.335. The highest BCUT2D eigenvalue weighted by atomic mass is 19.4. The summed E-state index contributed by atoms with van der Waals surface area (Å²) in [5, 5.41) is 3.37. The number of methoxy groups -OCH3 is 2. The van der Waals surface area contributed by atoms with Crippen molar-refractivity contribution in [3.8, 4) is 11.5 Å². The molecule has 2 N–H and O–H groups in total. The van der Waals surface area contributed by atoms with Gasteiger partial charge in [0, 0.05) is 13.0 Å². The van der Waals surface area contributed by atoms with Crippen LogP contribution in [0.1, 0.15) is 17.5 Å². The zero-order valence-electron chi connectivity index (χ0n) is 18.6. The summed E-state index contributed by atoms with van der Waals surface area (Å²) < 4.78 is 52.2. The number of carbonyl (C=O) groups excluding carboxylic acids is 3. The van der Waals surface area contributed by atoms with Crippen LogP contribution in [-0.2, 0) is 22.4 Å². The molecule has 0 aliphatic carbocycles. The van der Waals surface area contributed by atoms with Crippen LogP contribution in [0.5, 0.6) is 11.5 Å². The Labute approximate surface area is 194 Å². The van der Waals surface area contributed by atoms with E-state index in [0.717, 1.165) is 5.56 Å². The number of alkyl halides is 3. The van der Waals surface area contributed by atoms with E-state index in [0.29, 0.717) is 22.0 Å². The topological polar surface area (TPSA) is 97.0 Å². The van der Waals surface area contributed by atoms with Crippen LogP contribution in [0.25, 0.3) is 0 Å². The molecule has 0 spiro atoms. The van der Waals surface area contributed by atoms with Gasteiger partial charge in [-0.3, -0.25) is 19.8 Å². The van der Waals surface area contributed by atoms with Gasteiger partial charge < -0.3 is 14.8 Å². The number of nitrogens with zero attached hydrogens (tertiary/aromatic N) is 1. The number of hydrogen-bond acceptors (Lipinski definition) is 5. The summed E-state index contributed by atoms with van der Waals surface area (Å²) in [4.78, 5) is 37.9. The highest BCUT2D eigenvalue weighted by Crippen LogP contribution is 2.34. The Morgan fingerprint density at radius 2 is 1.68 bits per heavy atom. The highest BCUT2D eigenvalue weighted by molar-refractivity contribution is 6.08. The first-order chi connectivity index (χ1) is 16.1. The first kappa shape index (κ1) is 24.9. The number of benzene rings is 2. The van der Waals surface area contributed by atoms with Crippen molar-refractivity contribution in [3.63, 3.8) is 0 Å². The van der Waals surface area contributed by atoms with Crippen molar-refractivity contribution in [3.05, 3.63) is 59.7 Å². The lowest BCUT2D eigenvalue weighted by Gasteiger charge is -2.30. The van der Waals surface area contributed by atoms with Crippen LogP contribution < -0.4 is 20.1 Å². The Morgan fingerprint density at radius 3 is 2.29 bits per heavy atom. The van der Waals surface area contributed by atoms with Gasteiger partial charge >= 0.3 is 12.2 Å². The van der Waals surface area contributed by atoms with Gasteiger partial charge in [-0.1, -0.05) is 36.4 Å². The first-order valence-corrected chi connectivity index (χ1v) is 10.4. The fourth-order valence-corrected chi connectivity index (χ4v) is 3.58. The van der Waals surface area contributed by atoms with E-state index in [-0.39, 0.29) is 25.8 Å². The third kappa shape index (κ3) is 5.08. The molecule has 34 heavy (non-hydrogen) atoms. The maximum atomic E-state index is 14.0. The van der Waals surface area contributed by atoms with Crippen LogP contribution in [-0.4, -0.2) is 55.3 Å². The largest absolute Gasteiger partial charge is 0.493 e. The monoisotopic (exact) mass is 479 g/mol.